The Morgan fingerprint density at radius 2 is 1.07 bits per heavy atom. The number of hydrogen-bond donors (Lipinski definition) is 4. The van der Waals surface area contributed by atoms with Crippen molar-refractivity contribution in [1.29, 1.82) is 0 Å². The molecule has 1 rings (SSSR count). The standard InChI is InChI=1S/C23H46O6/c1-2-3-4-5-6-7-8-9-10-11-12-13-14-15-16-17-28-23-22(27)21(26)20(25)19(18-24)29-23/h19-27H,2-18H2,1H3/t19-,20-,21+,22-,23-/m0/s1. The molecule has 1 heterocycles. The van der Waals surface area contributed by atoms with E-state index in [0.29, 0.717) is 6.61 Å². The van der Waals surface area contributed by atoms with Gasteiger partial charge in [-0.15, -0.1) is 0 Å². The van der Waals surface area contributed by atoms with Crippen LogP contribution in [0.25, 0.3) is 0 Å². The Labute approximate surface area is 177 Å². The molecule has 0 aromatic rings. The Morgan fingerprint density at radius 3 is 1.52 bits per heavy atom. The third-order valence-corrected chi connectivity index (χ3v) is 5.88. The molecule has 29 heavy (non-hydrogen) atoms. The Kier molecular flexibility index (Phi) is 16.1. The van der Waals surface area contributed by atoms with Crippen LogP contribution >= 0.6 is 0 Å². The van der Waals surface area contributed by atoms with Crippen LogP contribution in [-0.4, -0.2) is 64.3 Å². The molecule has 6 nitrogen and oxygen atoms in total. The molecule has 1 aliphatic rings. The summed E-state index contributed by atoms with van der Waals surface area (Å²) in [6, 6.07) is 0. The maximum Gasteiger partial charge on any atom is 0.186 e. The molecule has 0 amide bonds. The molecule has 0 spiro atoms. The summed E-state index contributed by atoms with van der Waals surface area (Å²) in [5, 5.41) is 38.5. The van der Waals surface area contributed by atoms with Gasteiger partial charge in [0.05, 0.1) is 6.61 Å². The average molecular weight is 419 g/mol. The van der Waals surface area contributed by atoms with E-state index in [2.05, 4.69) is 6.92 Å². The fourth-order valence-electron chi connectivity index (χ4n) is 3.88. The largest absolute Gasteiger partial charge is 0.394 e. The van der Waals surface area contributed by atoms with E-state index in [1.807, 2.05) is 0 Å². The van der Waals surface area contributed by atoms with Crippen molar-refractivity contribution in [2.45, 2.75) is 134 Å². The summed E-state index contributed by atoms with van der Waals surface area (Å²) < 4.78 is 10.8. The second kappa shape index (κ2) is 17.4. The van der Waals surface area contributed by atoms with Gasteiger partial charge in [0.1, 0.15) is 24.4 Å². The van der Waals surface area contributed by atoms with E-state index in [4.69, 9.17) is 14.6 Å². The fourth-order valence-corrected chi connectivity index (χ4v) is 3.88. The van der Waals surface area contributed by atoms with Gasteiger partial charge in [-0.25, -0.2) is 0 Å². The molecule has 1 fully saturated rings. The first-order valence-electron chi connectivity index (χ1n) is 12.0. The lowest BCUT2D eigenvalue weighted by molar-refractivity contribution is -0.301. The average Bonchev–Trinajstić information content (AvgIpc) is 2.73. The quantitative estimate of drug-likeness (QED) is 0.254. The summed E-state index contributed by atoms with van der Waals surface area (Å²) in [5.41, 5.74) is 0. The maximum atomic E-state index is 9.91. The van der Waals surface area contributed by atoms with Gasteiger partial charge >= 0.3 is 0 Å². The van der Waals surface area contributed by atoms with E-state index in [1.165, 1.54) is 83.5 Å². The van der Waals surface area contributed by atoms with Crippen LogP contribution in [0.3, 0.4) is 0 Å². The summed E-state index contributed by atoms with van der Waals surface area (Å²) >= 11 is 0. The summed E-state index contributed by atoms with van der Waals surface area (Å²) in [6.07, 6.45) is 13.5. The van der Waals surface area contributed by atoms with Crippen LogP contribution in [0.5, 0.6) is 0 Å². The van der Waals surface area contributed by atoms with Gasteiger partial charge in [0, 0.05) is 6.61 Å². The molecule has 0 saturated carbocycles. The Hall–Kier alpha value is -0.240. The van der Waals surface area contributed by atoms with Crippen LogP contribution in [0.15, 0.2) is 0 Å². The zero-order valence-corrected chi connectivity index (χ0v) is 18.5. The van der Waals surface area contributed by atoms with Crippen molar-refractivity contribution in [3.05, 3.63) is 0 Å². The summed E-state index contributed by atoms with van der Waals surface area (Å²) in [6.45, 7) is 2.27. The van der Waals surface area contributed by atoms with E-state index >= 15 is 0 Å². The van der Waals surface area contributed by atoms with Gasteiger partial charge < -0.3 is 29.9 Å². The van der Waals surface area contributed by atoms with E-state index in [0.717, 1.165) is 12.8 Å². The Morgan fingerprint density at radius 1 is 0.621 bits per heavy atom. The molecule has 0 aromatic heterocycles. The lowest BCUT2D eigenvalue weighted by atomic mass is 9.99. The second-order valence-corrected chi connectivity index (χ2v) is 8.52. The number of unbranched alkanes of at least 4 members (excludes halogenated alkanes) is 14. The van der Waals surface area contributed by atoms with Gasteiger partial charge in [-0.2, -0.15) is 0 Å². The highest BCUT2D eigenvalue weighted by molar-refractivity contribution is 4.88. The van der Waals surface area contributed by atoms with Crippen molar-refractivity contribution in [1.82, 2.24) is 0 Å². The summed E-state index contributed by atoms with van der Waals surface area (Å²) in [7, 11) is 0. The molecule has 6 heteroatoms. The SMILES string of the molecule is CCCCCCCCCCCCCCCCCO[C@H]1O[C@@H](CO)[C@H](O)[C@@H](O)[C@@H]1O. The molecule has 0 unspecified atom stereocenters. The van der Waals surface area contributed by atoms with Gasteiger partial charge in [-0.05, 0) is 6.42 Å². The number of aliphatic hydroxyl groups is 4. The zero-order chi connectivity index (χ0) is 21.3. The number of rotatable bonds is 18. The third-order valence-electron chi connectivity index (χ3n) is 5.88. The van der Waals surface area contributed by atoms with Crippen molar-refractivity contribution in [2.75, 3.05) is 13.2 Å². The van der Waals surface area contributed by atoms with Crippen LogP contribution in [-0.2, 0) is 9.47 Å². The minimum atomic E-state index is -1.37. The minimum absolute atomic E-state index is 0.427. The molecular weight excluding hydrogens is 372 g/mol. The first kappa shape index (κ1) is 26.8. The molecule has 1 aliphatic heterocycles. The van der Waals surface area contributed by atoms with Crippen molar-refractivity contribution >= 4 is 0 Å². The third kappa shape index (κ3) is 11.7. The van der Waals surface area contributed by atoms with Gasteiger partial charge in [0.2, 0.25) is 0 Å². The molecule has 5 atom stereocenters. The monoisotopic (exact) mass is 418 g/mol. The molecule has 0 aromatic carbocycles. The Balaban J connectivity index is 1.88. The first-order chi connectivity index (χ1) is 14.1. The van der Waals surface area contributed by atoms with Crippen molar-refractivity contribution in [2.24, 2.45) is 0 Å². The maximum absolute atomic E-state index is 9.91. The van der Waals surface area contributed by atoms with E-state index in [9.17, 15) is 15.3 Å². The lowest BCUT2D eigenvalue weighted by Gasteiger charge is -2.39. The van der Waals surface area contributed by atoms with E-state index < -0.39 is 37.3 Å². The highest BCUT2D eigenvalue weighted by Gasteiger charge is 2.43. The van der Waals surface area contributed by atoms with Crippen molar-refractivity contribution in [3.8, 4) is 0 Å². The zero-order valence-electron chi connectivity index (χ0n) is 18.5. The molecular formula is C23H46O6. The normalized spacial score (nSPS) is 27.4. The number of aliphatic hydroxyl groups excluding tert-OH is 4. The van der Waals surface area contributed by atoms with Crippen LogP contribution in [0.1, 0.15) is 103 Å². The molecule has 174 valence electrons. The minimum Gasteiger partial charge on any atom is -0.394 e. The second-order valence-electron chi connectivity index (χ2n) is 8.52. The molecule has 4 N–H and O–H groups in total. The predicted molar refractivity (Wildman–Crippen MR) is 115 cm³/mol. The fraction of sp³-hybridized carbons (Fsp3) is 1.00. The number of ether oxygens (including phenoxy) is 2. The van der Waals surface area contributed by atoms with Crippen LogP contribution in [0.2, 0.25) is 0 Å². The summed E-state index contributed by atoms with van der Waals surface area (Å²) in [5.74, 6) is 0. The van der Waals surface area contributed by atoms with Gasteiger partial charge in [0.25, 0.3) is 0 Å². The number of hydrogen-bond acceptors (Lipinski definition) is 6. The lowest BCUT2D eigenvalue weighted by Crippen LogP contribution is -2.59. The van der Waals surface area contributed by atoms with Gasteiger partial charge in [-0.1, -0.05) is 96.8 Å². The van der Waals surface area contributed by atoms with Crippen molar-refractivity contribution in [3.63, 3.8) is 0 Å². The van der Waals surface area contributed by atoms with Gasteiger partial charge in [-0.3, -0.25) is 0 Å². The highest BCUT2D eigenvalue weighted by Crippen LogP contribution is 2.22. The molecule has 0 aliphatic carbocycles. The molecule has 0 bridgehead atoms. The van der Waals surface area contributed by atoms with Crippen LogP contribution in [0, 0.1) is 0 Å². The van der Waals surface area contributed by atoms with Crippen molar-refractivity contribution < 1.29 is 29.9 Å². The van der Waals surface area contributed by atoms with Gasteiger partial charge in [0.15, 0.2) is 6.29 Å². The topological polar surface area (TPSA) is 99.4 Å². The first-order valence-corrected chi connectivity index (χ1v) is 12.0. The highest BCUT2D eigenvalue weighted by atomic mass is 16.7. The van der Waals surface area contributed by atoms with E-state index in [1.54, 1.807) is 0 Å². The molecule has 1 saturated heterocycles. The molecule has 0 radical (unpaired) electrons. The summed E-state index contributed by atoms with van der Waals surface area (Å²) in [4.78, 5) is 0. The smallest absolute Gasteiger partial charge is 0.186 e. The van der Waals surface area contributed by atoms with E-state index in [-0.39, 0.29) is 0 Å². The Bertz CT molecular complexity index is 365. The predicted octanol–water partition coefficient (Wildman–Crippen LogP) is 3.67. The van der Waals surface area contributed by atoms with Crippen LogP contribution < -0.4 is 0 Å². The van der Waals surface area contributed by atoms with Crippen LogP contribution in [0.4, 0.5) is 0 Å².